The number of aromatic nitrogens is 1. The number of amides is 2. The Hall–Kier alpha value is -2.30. The number of rotatable bonds is 3. The van der Waals surface area contributed by atoms with Crippen LogP contribution in [-0.2, 0) is 6.54 Å². The van der Waals surface area contributed by atoms with Crippen LogP contribution in [0.5, 0.6) is 0 Å². The predicted molar refractivity (Wildman–Crippen MR) is 68.3 cm³/mol. The van der Waals surface area contributed by atoms with Gasteiger partial charge in [0.25, 0.3) is 0 Å². The number of nitrogens with zero attached hydrogens (tertiary/aromatic N) is 1. The first-order valence-corrected chi connectivity index (χ1v) is 5.66. The van der Waals surface area contributed by atoms with Crippen LogP contribution in [-0.4, -0.2) is 11.0 Å². The van der Waals surface area contributed by atoms with Gasteiger partial charge in [-0.2, -0.15) is 0 Å². The van der Waals surface area contributed by atoms with Crippen molar-refractivity contribution in [1.29, 1.82) is 0 Å². The zero-order valence-electron chi connectivity index (χ0n) is 10.4. The van der Waals surface area contributed by atoms with Gasteiger partial charge in [-0.1, -0.05) is 0 Å². The average molecular weight is 245 g/mol. The molecule has 94 valence electrons. The second-order valence-electron chi connectivity index (χ2n) is 4.06. The summed E-state index contributed by atoms with van der Waals surface area (Å²) in [5, 5.41) is 5.37. The summed E-state index contributed by atoms with van der Waals surface area (Å²) in [5.74, 6) is 1.25. The van der Waals surface area contributed by atoms with Crippen molar-refractivity contribution in [3.8, 4) is 0 Å². The molecule has 2 rings (SSSR count). The molecule has 0 aliphatic carbocycles. The summed E-state index contributed by atoms with van der Waals surface area (Å²) in [5.41, 5.74) is 1.93. The first-order valence-electron chi connectivity index (χ1n) is 5.66. The van der Waals surface area contributed by atoms with E-state index in [1.54, 1.807) is 18.4 Å². The fourth-order valence-corrected chi connectivity index (χ4v) is 1.65. The number of urea groups is 1. The molecule has 0 aromatic carbocycles. The minimum Gasteiger partial charge on any atom is -0.467 e. The van der Waals surface area contributed by atoms with Gasteiger partial charge in [-0.05, 0) is 43.7 Å². The highest BCUT2D eigenvalue weighted by atomic mass is 16.3. The maximum Gasteiger partial charge on any atom is 0.320 e. The summed E-state index contributed by atoms with van der Waals surface area (Å²) in [6.07, 6.45) is 1.57. The molecule has 0 unspecified atom stereocenters. The van der Waals surface area contributed by atoms with E-state index in [4.69, 9.17) is 4.42 Å². The Morgan fingerprint density at radius 3 is 2.89 bits per heavy atom. The zero-order valence-corrected chi connectivity index (χ0v) is 10.4. The van der Waals surface area contributed by atoms with E-state index in [1.807, 2.05) is 26.0 Å². The van der Waals surface area contributed by atoms with Crippen molar-refractivity contribution >= 4 is 11.8 Å². The normalized spacial score (nSPS) is 10.1. The summed E-state index contributed by atoms with van der Waals surface area (Å²) in [6, 6.07) is 7.05. The molecular formula is C13H15N3O2. The second kappa shape index (κ2) is 5.35. The molecule has 0 fully saturated rings. The molecule has 2 amide bonds. The van der Waals surface area contributed by atoms with E-state index < -0.39 is 0 Å². The molecule has 2 aromatic heterocycles. The first-order chi connectivity index (χ1) is 8.63. The highest BCUT2D eigenvalue weighted by Crippen LogP contribution is 2.08. The molecule has 0 spiro atoms. The molecule has 0 aliphatic heterocycles. The van der Waals surface area contributed by atoms with Gasteiger partial charge in [0.15, 0.2) is 0 Å². The van der Waals surface area contributed by atoms with Gasteiger partial charge < -0.3 is 9.73 Å². The lowest BCUT2D eigenvalue weighted by molar-refractivity contribution is 0.250. The molecule has 2 aromatic rings. The topological polar surface area (TPSA) is 67.2 Å². The Kier molecular flexibility index (Phi) is 3.62. The number of hydrogen-bond donors (Lipinski definition) is 2. The molecule has 0 bridgehead atoms. The average Bonchev–Trinajstić information content (AvgIpc) is 2.77. The van der Waals surface area contributed by atoms with Crippen LogP contribution in [0.2, 0.25) is 0 Å². The number of aryl methyl sites for hydroxylation is 2. The Balaban J connectivity index is 1.90. The third-order valence-electron chi connectivity index (χ3n) is 2.34. The number of pyridine rings is 1. The van der Waals surface area contributed by atoms with Crippen LogP contribution in [0.25, 0.3) is 0 Å². The minimum atomic E-state index is -0.302. The van der Waals surface area contributed by atoms with Crippen LogP contribution < -0.4 is 10.6 Å². The molecule has 0 aliphatic rings. The molecule has 18 heavy (non-hydrogen) atoms. The summed E-state index contributed by atoms with van der Waals surface area (Å²) in [7, 11) is 0. The van der Waals surface area contributed by atoms with Crippen LogP contribution in [0, 0.1) is 13.8 Å². The SMILES string of the molecule is Cc1cc(C)nc(NC(=O)NCc2ccco2)c1. The van der Waals surface area contributed by atoms with Gasteiger partial charge in [-0.25, -0.2) is 9.78 Å². The Bertz CT molecular complexity index is 515. The van der Waals surface area contributed by atoms with E-state index in [9.17, 15) is 4.79 Å². The summed E-state index contributed by atoms with van der Waals surface area (Å²) < 4.78 is 5.11. The third kappa shape index (κ3) is 3.35. The van der Waals surface area contributed by atoms with Crippen molar-refractivity contribution in [2.24, 2.45) is 0 Å². The van der Waals surface area contributed by atoms with E-state index >= 15 is 0 Å². The first kappa shape index (κ1) is 12.2. The van der Waals surface area contributed by atoms with Crippen molar-refractivity contribution in [3.05, 3.63) is 47.5 Å². The monoisotopic (exact) mass is 245 g/mol. The number of carbonyl (C=O) groups excluding carboxylic acids is 1. The minimum absolute atomic E-state index is 0.302. The van der Waals surface area contributed by atoms with Gasteiger partial charge in [-0.3, -0.25) is 5.32 Å². The van der Waals surface area contributed by atoms with Crippen molar-refractivity contribution in [2.45, 2.75) is 20.4 Å². The number of anilines is 1. The second-order valence-corrected chi connectivity index (χ2v) is 4.06. The van der Waals surface area contributed by atoms with Crippen LogP contribution in [0.15, 0.2) is 34.9 Å². The molecule has 0 saturated carbocycles. The predicted octanol–water partition coefficient (Wildman–Crippen LogP) is 2.61. The summed E-state index contributed by atoms with van der Waals surface area (Å²) >= 11 is 0. The molecule has 5 heteroatoms. The van der Waals surface area contributed by atoms with Gasteiger partial charge in [0.1, 0.15) is 11.6 Å². The maximum atomic E-state index is 11.6. The quantitative estimate of drug-likeness (QED) is 0.873. The highest BCUT2D eigenvalue weighted by Gasteiger charge is 2.04. The standard InChI is InChI=1S/C13H15N3O2/c1-9-6-10(2)15-12(7-9)16-13(17)14-8-11-4-3-5-18-11/h3-7H,8H2,1-2H3,(H2,14,15,16,17). The van der Waals surface area contributed by atoms with Crippen LogP contribution in [0.1, 0.15) is 17.0 Å². The van der Waals surface area contributed by atoms with E-state index in [1.165, 1.54) is 0 Å². The van der Waals surface area contributed by atoms with Crippen LogP contribution in [0.3, 0.4) is 0 Å². The summed E-state index contributed by atoms with van der Waals surface area (Å²) in [6.45, 7) is 4.20. The molecule has 5 nitrogen and oxygen atoms in total. The lowest BCUT2D eigenvalue weighted by Gasteiger charge is -2.07. The largest absolute Gasteiger partial charge is 0.467 e. The molecule has 2 heterocycles. The molecular weight excluding hydrogens is 230 g/mol. The fraction of sp³-hybridized carbons (Fsp3) is 0.231. The van der Waals surface area contributed by atoms with E-state index in [-0.39, 0.29) is 6.03 Å². The Morgan fingerprint density at radius 2 is 2.22 bits per heavy atom. The van der Waals surface area contributed by atoms with Crippen LogP contribution >= 0.6 is 0 Å². The van der Waals surface area contributed by atoms with E-state index in [0.29, 0.717) is 18.1 Å². The van der Waals surface area contributed by atoms with Crippen molar-refractivity contribution in [3.63, 3.8) is 0 Å². The molecule has 2 N–H and O–H groups in total. The zero-order chi connectivity index (χ0) is 13.0. The van der Waals surface area contributed by atoms with E-state index in [0.717, 1.165) is 11.3 Å². The third-order valence-corrected chi connectivity index (χ3v) is 2.34. The molecule has 0 atom stereocenters. The highest BCUT2D eigenvalue weighted by molar-refractivity contribution is 5.88. The van der Waals surface area contributed by atoms with Crippen molar-refractivity contribution < 1.29 is 9.21 Å². The summed E-state index contributed by atoms with van der Waals surface area (Å²) in [4.78, 5) is 15.8. The van der Waals surface area contributed by atoms with E-state index in [2.05, 4.69) is 15.6 Å². The van der Waals surface area contributed by atoms with Gasteiger partial charge >= 0.3 is 6.03 Å². The van der Waals surface area contributed by atoms with Gasteiger partial charge in [0, 0.05) is 5.69 Å². The van der Waals surface area contributed by atoms with Crippen molar-refractivity contribution in [1.82, 2.24) is 10.3 Å². The lowest BCUT2D eigenvalue weighted by atomic mass is 10.2. The number of carbonyl (C=O) groups is 1. The fourth-order valence-electron chi connectivity index (χ4n) is 1.65. The Morgan fingerprint density at radius 1 is 1.39 bits per heavy atom. The lowest BCUT2D eigenvalue weighted by Crippen LogP contribution is -2.28. The number of nitrogens with one attached hydrogen (secondary N) is 2. The number of hydrogen-bond acceptors (Lipinski definition) is 3. The van der Waals surface area contributed by atoms with Gasteiger partial charge in [-0.15, -0.1) is 0 Å². The maximum absolute atomic E-state index is 11.6. The molecule has 0 radical (unpaired) electrons. The smallest absolute Gasteiger partial charge is 0.320 e. The van der Waals surface area contributed by atoms with Gasteiger partial charge in [0.2, 0.25) is 0 Å². The van der Waals surface area contributed by atoms with Gasteiger partial charge in [0.05, 0.1) is 12.8 Å². The number of furan rings is 1. The van der Waals surface area contributed by atoms with Crippen molar-refractivity contribution in [2.75, 3.05) is 5.32 Å². The Labute approximate surface area is 105 Å². The molecule has 0 saturated heterocycles. The van der Waals surface area contributed by atoms with Crippen LogP contribution in [0.4, 0.5) is 10.6 Å².